The van der Waals surface area contributed by atoms with Crippen LogP contribution >= 0.6 is 0 Å². The van der Waals surface area contributed by atoms with Crippen molar-refractivity contribution in [2.75, 3.05) is 45.3 Å². The highest BCUT2D eigenvalue weighted by atomic mass is 16.6. The number of aromatic nitrogens is 2. The molecule has 2 amide bonds. The number of nitrogen functional groups attached to an aromatic ring is 2. The number of aliphatic hydroxyl groups is 3. The molecule has 1 aromatic heterocycles. The van der Waals surface area contributed by atoms with Gasteiger partial charge in [0, 0.05) is 35.9 Å². The van der Waals surface area contributed by atoms with E-state index in [1.165, 1.54) is 17.2 Å². The van der Waals surface area contributed by atoms with Crippen LogP contribution in [0.3, 0.4) is 0 Å². The smallest absolute Gasteiger partial charge is 0.351 e. The Hall–Kier alpha value is -3.88. The minimum absolute atomic E-state index is 0.0537. The molecule has 13 nitrogen and oxygen atoms in total. The molecule has 2 aliphatic heterocycles. The van der Waals surface area contributed by atoms with Crippen molar-refractivity contribution in [3.8, 4) is 0 Å². The quantitative estimate of drug-likeness (QED) is 0.202. The second-order valence-electron chi connectivity index (χ2n) is 9.31. The molecule has 3 aromatic rings. The van der Waals surface area contributed by atoms with Crippen molar-refractivity contribution < 1.29 is 29.6 Å². The number of nitrogens with two attached hydrogens (primary N) is 2. The Kier molecular flexibility index (Phi) is 7.76. The first-order valence-electron chi connectivity index (χ1n) is 11.8. The summed E-state index contributed by atoms with van der Waals surface area (Å²) in [5.41, 5.74) is 12.1. The van der Waals surface area contributed by atoms with E-state index < -0.39 is 36.8 Å². The molecule has 3 heterocycles. The molecule has 0 aliphatic carbocycles. The topological polar surface area (TPSA) is 197 Å². The molecule has 2 aromatic carbocycles. The van der Waals surface area contributed by atoms with E-state index >= 15 is 0 Å². The van der Waals surface area contributed by atoms with E-state index in [-0.39, 0.29) is 17.6 Å². The Morgan fingerprint density at radius 1 is 1.03 bits per heavy atom. The van der Waals surface area contributed by atoms with Gasteiger partial charge in [0.25, 0.3) is 11.8 Å². The third-order valence-electron chi connectivity index (χ3n) is 6.36. The van der Waals surface area contributed by atoms with Gasteiger partial charge in [-0.1, -0.05) is 12.1 Å². The van der Waals surface area contributed by atoms with Crippen molar-refractivity contribution in [3.05, 3.63) is 64.2 Å². The molecule has 0 unspecified atom stereocenters. The van der Waals surface area contributed by atoms with Crippen LogP contribution in [0.2, 0.25) is 0 Å². The Bertz CT molecular complexity index is 1430. The molecular weight excluding hydrogens is 496 g/mol. The number of anilines is 2. The average Bonchev–Trinajstić information content (AvgIpc) is 3.15. The molecule has 202 valence electrons. The number of ether oxygens (including phenoxy) is 1. The lowest BCUT2D eigenvalue weighted by Crippen LogP contribution is -2.43. The fourth-order valence-electron chi connectivity index (χ4n) is 4.41. The fourth-order valence-corrected chi connectivity index (χ4v) is 4.41. The molecular formula is C25H30N6O7. The predicted molar refractivity (Wildman–Crippen MR) is 138 cm³/mol. The van der Waals surface area contributed by atoms with Gasteiger partial charge in [-0.3, -0.25) is 19.1 Å². The van der Waals surface area contributed by atoms with Crippen LogP contribution in [0, 0.1) is 0 Å². The first-order valence-corrected chi connectivity index (χ1v) is 11.8. The van der Waals surface area contributed by atoms with E-state index in [2.05, 4.69) is 4.98 Å². The van der Waals surface area contributed by atoms with Crippen LogP contribution in [-0.2, 0) is 4.74 Å². The van der Waals surface area contributed by atoms with E-state index in [9.17, 15) is 24.6 Å². The summed E-state index contributed by atoms with van der Waals surface area (Å²) in [6.07, 6.45) is -3.27. The minimum atomic E-state index is -1.31. The third kappa shape index (κ3) is 5.10. The number of amides is 2. The van der Waals surface area contributed by atoms with E-state index in [0.717, 1.165) is 9.95 Å². The van der Waals surface area contributed by atoms with Crippen molar-refractivity contribution in [1.29, 1.82) is 0 Å². The lowest BCUT2D eigenvalue weighted by atomic mass is 9.93. The van der Waals surface area contributed by atoms with Gasteiger partial charge in [0.2, 0.25) is 0 Å². The maximum atomic E-state index is 12.6. The number of rotatable bonds is 5. The highest BCUT2D eigenvalue weighted by molar-refractivity contribution is 6.25. The van der Waals surface area contributed by atoms with Gasteiger partial charge in [-0.05, 0) is 43.7 Å². The monoisotopic (exact) mass is 526 g/mol. The van der Waals surface area contributed by atoms with Crippen LogP contribution in [-0.4, -0.2) is 98.6 Å². The van der Waals surface area contributed by atoms with Crippen molar-refractivity contribution in [2.24, 2.45) is 0 Å². The Balaban J connectivity index is 0.000000181. The molecule has 2 aliphatic rings. The van der Waals surface area contributed by atoms with Crippen LogP contribution in [0.25, 0.3) is 10.8 Å². The van der Waals surface area contributed by atoms with Crippen molar-refractivity contribution >= 4 is 34.1 Å². The zero-order chi connectivity index (χ0) is 27.7. The van der Waals surface area contributed by atoms with E-state index in [0.29, 0.717) is 35.3 Å². The standard InChI is InChI=1S/C16H17N3O2.C9H13N3O5/c1-18(2)6-7-19-15(20)12-5-3-4-10-8-11(17)9-13(14(10)12)16(19)21;10-5-1-2-12(9(16)11-5)8-7(15)6(14)4(3-13)17-8/h3-5,8-9H,6-7,17H2,1-2H3;1-2,4,6-8,13-15H,3H2,(H2,10,11,16)/t;4-,6-,7+,8-/m.1/s1. The lowest BCUT2D eigenvalue weighted by molar-refractivity contribution is -0.0549. The zero-order valence-corrected chi connectivity index (χ0v) is 20.9. The summed E-state index contributed by atoms with van der Waals surface area (Å²) in [5, 5.41) is 29.7. The second-order valence-corrected chi connectivity index (χ2v) is 9.31. The minimum Gasteiger partial charge on any atom is -0.399 e. The van der Waals surface area contributed by atoms with E-state index in [1.807, 2.05) is 31.1 Å². The van der Waals surface area contributed by atoms with Crippen LogP contribution < -0.4 is 17.2 Å². The van der Waals surface area contributed by atoms with Crippen molar-refractivity contribution in [3.63, 3.8) is 0 Å². The van der Waals surface area contributed by atoms with Gasteiger partial charge in [0.15, 0.2) is 6.23 Å². The molecule has 13 heteroatoms. The molecule has 38 heavy (non-hydrogen) atoms. The summed E-state index contributed by atoms with van der Waals surface area (Å²) in [5.74, 6) is -0.444. The van der Waals surface area contributed by atoms with Crippen LogP contribution in [0.1, 0.15) is 26.9 Å². The molecule has 1 fully saturated rings. The summed E-state index contributed by atoms with van der Waals surface area (Å²) in [7, 11) is 3.82. The number of likely N-dealkylation sites (N-methyl/N-ethyl adjacent to an activating group) is 1. The number of aliphatic hydroxyl groups excluding tert-OH is 3. The fraction of sp³-hybridized carbons (Fsp3) is 0.360. The van der Waals surface area contributed by atoms with Gasteiger partial charge in [0.1, 0.15) is 24.1 Å². The number of nitrogens with zero attached hydrogens (tertiary/aromatic N) is 4. The maximum Gasteiger partial charge on any atom is 0.351 e. The molecule has 7 N–H and O–H groups in total. The van der Waals surface area contributed by atoms with Gasteiger partial charge in [0.05, 0.1) is 12.2 Å². The number of benzene rings is 2. The van der Waals surface area contributed by atoms with Gasteiger partial charge in [-0.15, -0.1) is 0 Å². The number of carbonyl (C=O) groups is 2. The molecule has 4 atom stereocenters. The van der Waals surface area contributed by atoms with Crippen LogP contribution in [0.15, 0.2) is 47.4 Å². The number of hydrogen-bond acceptors (Lipinski definition) is 11. The van der Waals surface area contributed by atoms with Gasteiger partial charge in [-0.2, -0.15) is 4.98 Å². The molecule has 0 saturated carbocycles. The van der Waals surface area contributed by atoms with Crippen LogP contribution in [0.4, 0.5) is 11.5 Å². The zero-order valence-electron chi connectivity index (χ0n) is 20.9. The molecule has 1 saturated heterocycles. The maximum absolute atomic E-state index is 12.6. The van der Waals surface area contributed by atoms with Gasteiger partial charge in [-0.25, -0.2) is 4.79 Å². The summed E-state index contributed by atoms with van der Waals surface area (Å²) in [6, 6.07) is 10.3. The first-order chi connectivity index (χ1) is 18.0. The van der Waals surface area contributed by atoms with Gasteiger partial charge >= 0.3 is 5.69 Å². The van der Waals surface area contributed by atoms with Crippen LogP contribution in [0.5, 0.6) is 0 Å². The third-order valence-corrected chi connectivity index (χ3v) is 6.36. The molecule has 5 rings (SSSR count). The average molecular weight is 527 g/mol. The summed E-state index contributed by atoms with van der Waals surface area (Å²) < 4.78 is 6.19. The Morgan fingerprint density at radius 2 is 1.74 bits per heavy atom. The first kappa shape index (κ1) is 27.2. The molecule has 0 spiro atoms. The largest absolute Gasteiger partial charge is 0.399 e. The van der Waals surface area contributed by atoms with Crippen molar-refractivity contribution in [2.45, 2.75) is 24.5 Å². The van der Waals surface area contributed by atoms with Crippen molar-refractivity contribution in [1.82, 2.24) is 19.4 Å². The lowest BCUT2D eigenvalue weighted by Gasteiger charge is -2.28. The summed E-state index contributed by atoms with van der Waals surface area (Å²) in [4.78, 5) is 43.4. The predicted octanol–water partition coefficient (Wildman–Crippen LogP) is -0.983. The summed E-state index contributed by atoms with van der Waals surface area (Å²) >= 11 is 0. The van der Waals surface area contributed by atoms with Gasteiger partial charge < -0.3 is 36.4 Å². The second kappa shape index (κ2) is 10.8. The summed E-state index contributed by atoms with van der Waals surface area (Å²) in [6.45, 7) is 0.548. The SMILES string of the molecule is CN(C)CCN1C(=O)c2cccc3cc(N)cc(c23)C1=O.Nc1ccn([C@@H]2O[C@H](CO)[C@@H](O)[C@@H]2O)c(=O)n1. The van der Waals surface area contributed by atoms with E-state index in [4.69, 9.17) is 21.3 Å². The highest BCUT2D eigenvalue weighted by Crippen LogP contribution is 2.32. The normalized spacial score (nSPS) is 22.6. The molecule has 0 radical (unpaired) electrons. The Labute approximate surface area is 217 Å². The number of imide groups is 1. The Morgan fingerprint density at radius 3 is 2.37 bits per heavy atom. The highest BCUT2D eigenvalue weighted by Gasteiger charge is 2.43. The molecule has 0 bridgehead atoms. The number of carbonyl (C=O) groups excluding carboxylic acids is 2. The van der Waals surface area contributed by atoms with E-state index in [1.54, 1.807) is 18.2 Å². The number of hydrogen-bond donors (Lipinski definition) is 5.